The Hall–Kier alpha value is -3.21. The Morgan fingerprint density at radius 1 is 1.15 bits per heavy atom. The fourth-order valence-corrected chi connectivity index (χ4v) is 2.84. The summed E-state index contributed by atoms with van der Waals surface area (Å²) in [6.07, 6.45) is 2.62. The second-order valence-corrected chi connectivity index (χ2v) is 6.59. The topological polar surface area (TPSA) is 80.4 Å². The normalized spacial score (nSPS) is 11.7. The van der Waals surface area contributed by atoms with E-state index >= 15 is 0 Å². The van der Waals surface area contributed by atoms with Crippen molar-refractivity contribution in [2.75, 3.05) is 0 Å². The van der Waals surface area contributed by atoms with Crippen LogP contribution >= 0.6 is 0 Å². The van der Waals surface area contributed by atoms with Crippen molar-refractivity contribution in [3.63, 3.8) is 0 Å². The molecule has 1 aromatic heterocycles. The van der Waals surface area contributed by atoms with E-state index in [2.05, 4.69) is 29.1 Å². The number of aromatic nitrogens is 1. The van der Waals surface area contributed by atoms with E-state index in [1.165, 1.54) is 5.56 Å². The number of guanidine groups is 1. The Balaban J connectivity index is 1.85. The highest BCUT2D eigenvalue weighted by Crippen LogP contribution is 2.20. The molecule has 3 rings (SSSR count). The van der Waals surface area contributed by atoms with Crippen LogP contribution in [0.5, 0.6) is 0 Å². The lowest BCUT2D eigenvalue weighted by molar-refractivity contribution is 0.0978. The van der Waals surface area contributed by atoms with Crippen molar-refractivity contribution >= 4 is 28.5 Å². The molecule has 0 fully saturated rings. The molecule has 0 bridgehead atoms. The van der Waals surface area contributed by atoms with Crippen LogP contribution in [-0.2, 0) is 6.42 Å². The van der Waals surface area contributed by atoms with Crippen LogP contribution in [0.25, 0.3) is 10.9 Å². The molecule has 0 spiro atoms. The van der Waals surface area contributed by atoms with Crippen LogP contribution in [0.3, 0.4) is 0 Å². The molecule has 3 aromatic rings. The second kappa shape index (κ2) is 7.78. The minimum absolute atomic E-state index is 0.0580. The number of fused-ring (bicyclic) bond motifs is 1. The van der Waals surface area contributed by atoms with Crippen LogP contribution < -0.4 is 11.1 Å². The molecule has 132 valence electrons. The van der Waals surface area contributed by atoms with Gasteiger partial charge in [0.25, 0.3) is 5.91 Å². The van der Waals surface area contributed by atoms with Gasteiger partial charge >= 0.3 is 0 Å². The number of nitrogens with zero attached hydrogens (tertiary/aromatic N) is 2. The quantitative estimate of drug-likeness (QED) is 0.557. The van der Waals surface area contributed by atoms with Gasteiger partial charge in [0, 0.05) is 11.6 Å². The molecule has 1 heterocycles. The lowest BCUT2D eigenvalue weighted by atomic mass is 10.00. The van der Waals surface area contributed by atoms with Crippen molar-refractivity contribution in [2.24, 2.45) is 16.6 Å². The maximum atomic E-state index is 12.6. The lowest BCUT2D eigenvalue weighted by Crippen LogP contribution is -2.36. The number of pyridine rings is 1. The molecule has 0 saturated carbocycles. The number of nitrogens with one attached hydrogen (secondary N) is 1. The van der Waals surface area contributed by atoms with Gasteiger partial charge in [-0.15, -0.1) is 0 Å². The first kappa shape index (κ1) is 17.6. The first-order chi connectivity index (χ1) is 12.5. The van der Waals surface area contributed by atoms with Crippen molar-refractivity contribution in [2.45, 2.75) is 20.3 Å². The van der Waals surface area contributed by atoms with Gasteiger partial charge in [0.15, 0.2) is 0 Å². The molecule has 0 saturated heterocycles. The first-order valence-electron chi connectivity index (χ1n) is 8.61. The van der Waals surface area contributed by atoms with Gasteiger partial charge in [-0.05, 0) is 42.2 Å². The molecule has 5 heteroatoms. The summed E-state index contributed by atoms with van der Waals surface area (Å²) in [6, 6.07) is 17.0. The molecule has 0 aliphatic rings. The zero-order valence-electron chi connectivity index (χ0n) is 14.9. The fourth-order valence-electron chi connectivity index (χ4n) is 2.84. The Morgan fingerprint density at radius 2 is 1.92 bits per heavy atom. The summed E-state index contributed by atoms with van der Waals surface area (Å²) in [7, 11) is 0. The highest BCUT2D eigenvalue weighted by atomic mass is 16.1. The van der Waals surface area contributed by atoms with Crippen LogP contribution in [0.2, 0.25) is 0 Å². The average Bonchev–Trinajstić information content (AvgIpc) is 2.61. The van der Waals surface area contributed by atoms with Crippen LogP contribution in [0.1, 0.15) is 29.8 Å². The molecule has 0 aliphatic carbocycles. The van der Waals surface area contributed by atoms with E-state index in [1.54, 1.807) is 12.3 Å². The molecule has 1 amide bonds. The number of rotatable bonds is 4. The Morgan fingerprint density at radius 3 is 2.65 bits per heavy atom. The third-order valence-electron chi connectivity index (χ3n) is 3.94. The number of benzene rings is 2. The van der Waals surface area contributed by atoms with Gasteiger partial charge in [0.2, 0.25) is 5.96 Å². The number of amides is 1. The predicted molar refractivity (Wildman–Crippen MR) is 105 cm³/mol. The largest absolute Gasteiger partial charge is 0.369 e. The Labute approximate surface area is 153 Å². The van der Waals surface area contributed by atoms with Gasteiger partial charge in [-0.25, -0.2) is 4.99 Å². The monoisotopic (exact) mass is 346 g/mol. The molecule has 0 unspecified atom stereocenters. The molecule has 3 N–H and O–H groups in total. The van der Waals surface area contributed by atoms with E-state index in [4.69, 9.17) is 5.73 Å². The molecular formula is C21H22N4O. The van der Waals surface area contributed by atoms with Crippen molar-refractivity contribution in [3.8, 4) is 0 Å². The lowest BCUT2D eigenvalue weighted by Gasteiger charge is -2.09. The molecule has 0 atom stereocenters. The average molecular weight is 346 g/mol. The summed E-state index contributed by atoms with van der Waals surface area (Å²) in [5.74, 6) is 0.321. The summed E-state index contributed by atoms with van der Waals surface area (Å²) < 4.78 is 0. The standard InChI is InChI=1S/C21H22N4O/c1-14(2)12-15-8-9-17-18(10-11-23-19(17)13-15)20(26)25-21(22)24-16-6-4-3-5-7-16/h3-11,13-14H,12H2,1-2H3,(H3,22,24,25,26). The van der Waals surface area contributed by atoms with Crippen molar-refractivity contribution < 1.29 is 4.79 Å². The van der Waals surface area contributed by atoms with E-state index in [-0.39, 0.29) is 11.9 Å². The second-order valence-electron chi connectivity index (χ2n) is 6.59. The Kier molecular flexibility index (Phi) is 5.27. The molecular weight excluding hydrogens is 324 g/mol. The fraction of sp³-hybridized carbons (Fsp3) is 0.190. The van der Waals surface area contributed by atoms with Crippen molar-refractivity contribution in [3.05, 3.63) is 71.9 Å². The highest BCUT2D eigenvalue weighted by Gasteiger charge is 2.12. The Bertz CT molecular complexity index is 949. The summed E-state index contributed by atoms with van der Waals surface area (Å²) in [4.78, 5) is 21.2. The van der Waals surface area contributed by atoms with Gasteiger partial charge in [-0.1, -0.05) is 44.2 Å². The summed E-state index contributed by atoms with van der Waals surface area (Å²) in [5, 5.41) is 3.44. The van der Waals surface area contributed by atoms with Gasteiger partial charge in [-0.3, -0.25) is 15.1 Å². The maximum absolute atomic E-state index is 12.6. The number of aliphatic imine (C=N–C) groups is 1. The van der Waals surface area contributed by atoms with Gasteiger partial charge < -0.3 is 5.73 Å². The third kappa shape index (κ3) is 4.25. The number of hydrogen-bond acceptors (Lipinski definition) is 3. The summed E-state index contributed by atoms with van der Waals surface area (Å²) in [5.41, 5.74) is 9.09. The SMILES string of the molecule is CC(C)Cc1ccc2c(C(=O)NC(N)=Nc3ccccc3)ccnc2c1. The highest BCUT2D eigenvalue weighted by molar-refractivity contribution is 6.12. The van der Waals surface area contributed by atoms with Gasteiger partial charge in [0.05, 0.1) is 16.8 Å². The third-order valence-corrected chi connectivity index (χ3v) is 3.94. The zero-order valence-corrected chi connectivity index (χ0v) is 14.9. The van der Waals surface area contributed by atoms with Crippen LogP contribution in [0, 0.1) is 5.92 Å². The van der Waals surface area contributed by atoms with Crippen LogP contribution in [0.15, 0.2) is 65.8 Å². The molecule has 26 heavy (non-hydrogen) atoms. The summed E-state index contributed by atoms with van der Waals surface area (Å²) in [6.45, 7) is 4.35. The molecule has 5 nitrogen and oxygen atoms in total. The summed E-state index contributed by atoms with van der Waals surface area (Å²) >= 11 is 0. The molecule has 0 aliphatic heterocycles. The number of hydrogen-bond donors (Lipinski definition) is 2. The zero-order chi connectivity index (χ0) is 18.5. The van der Waals surface area contributed by atoms with Gasteiger partial charge in [0.1, 0.15) is 0 Å². The van der Waals surface area contributed by atoms with E-state index in [0.29, 0.717) is 17.2 Å². The number of para-hydroxylation sites is 1. The predicted octanol–water partition coefficient (Wildman–Crippen LogP) is 3.81. The molecule has 2 aromatic carbocycles. The number of carbonyl (C=O) groups is 1. The van der Waals surface area contributed by atoms with E-state index in [9.17, 15) is 4.79 Å². The molecule has 0 radical (unpaired) electrons. The van der Waals surface area contributed by atoms with Crippen molar-refractivity contribution in [1.82, 2.24) is 10.3 Å². The van der Waals surface area contributed by atoms with E-state index in [0.717, 1.165) is 17.3 Å². The maximum Gasteiger partial charge on any atom is 0.258 e. The van der Waals surface area contributed by atoms with Crippen LogP contribution in [0.4, 0.5) is 5.69 Å². The number of nitrogens with two attached hydrogens (primary N) is 1. The van der Waals surface area contributed by atoms with E-state index in [1.807, 2.05) is 48.5 Å². The number of carbonyl (C=O) groups excluding carboxylic acids is 1. The first-order valence-corrected chi connectivity index (χ1v) is 8.61. The van der Waals surface area contributed by atoms with E-state index < -0.39 is 0 Å². The smallest absolute Gasteiger partial charge is 0.258 e. The van der Waals surface area contributed by atoms with Crippen LogP contribution in [-0.4, -0.2) is 16.9 Å². The minimum Gasteiger partial charge on any atom is -0.369 e. The minimum atomic E-state index is -0.300. The van der Waals surface area contributed by atoms with Crippen molar-refractivity contribution in [1.29, 1.82) is 0 Å². The van der Waals surface area contributed by atoms with Gasteiger partial charge in [-0.2, -0.15) is 0 Å².